The van der Waals surface area contributed by atoms with E-state index in [-0.39, 0.29) is 5.41 Å². The zero-order chi connectivity index (χ0) is 17.4. The minimum Gasteiger partial charge on any atom is -0.378 e. The van der Waals surface area contributed by atoms with Gasteiger partial charge in [-0.2, -0.15) is 0 Å². The Hall–Kier alpha value is -1.55. The average Bonchev–Trinajstić information content (AvgIpc) is 2.57. The van der Waals surface area contributed by atoms with E-state index in [0.717, 1.165) is 51.5 Å². The number of likely N-dealkylation sites (tertiary alicyclic amines) is 1. The topological polar surface area (TPSA) is 36.9 Å². The number of guanidine groups is 1. The number of nitrogens with one attached hydrogen (secondary N) is 1. The van der Waals surface area contributed by atoms with Crippen molar-refractivity contribution in [2.24, 2.45) is 10.4 Å². The lowest BCUT2D eigenvalue weighted by atomic mass is 9.86. The molecule has 1 fully saturated rings. The van der Waals surface area contributed by atoms with Gasteiger partial charge in [0.05, 0.1) is 6.10 Å². The maximum Gasteiger partial charge on any atom is 0.193 e. The molecule has 2 rings (SSSR count). The van der Waals surface area contributed by atoms with Gasteiger partial charge in [-0.1, -0.05) is 44.2 Å². The molecule has 0 radical (unpaired) electrons. The van der Waals surface area contributed by atoms with Crippen LogP contribution in [0.2, 0.25) is 0 Å². The van der Waals surface area contributed by atoms with Crippen LogP contribution in [0, 0.1) is 5.41 Å². The van der Waals surface area contributed by atoms with Crippen LogP contribution in [0.3, 0.4) is 0 Å². The van der Waals surface area contributed by atoms with Crippen LogP contribution in [0.4, 0.5) is 0 Å². The molecule has 1 aliphatic rings. The molecule has 0 atom stereocenters. The molecular weight excluding hydrogens is 298 g/mol. The molecule has 0 spiro atoms. The monoisotopic (exact) mass is 331 g/mol. The van der Waals surface area contributed by atoms with Gasteiger partial charge in [-0.3, -0.25) is 4.99 Å². The lowest BCUT2D eigenvalue weighted by Gasteiger charge is -2.35. The van der Waals surface area contributed by atoms with E-state index in [1.807, 2.05) is 7.05 Å². The SMILES string of the molecule is CCOC1CCN(C(=NC)NCC(C)(C)Cc2ccccc2)CC1. The first-order chi connectivity index (χ1) is 11.5. The second-order valence-electron chi connectivity index (χ2n) is 7.37. The quantitative estimate of drug-likeness (QED) is 0.642. The summed E-state index contributed by atoms with van der Waals surface area (Å²) < 4.78 is 5.74. The average molecular weight is 332 g/mol. The summed E-state index contributed by atoms with van der Waals surface area (Å²) >= 11 is 0. The minimum absolute atomic E-state index is 0.181. The van der Waals surface area contributed by atoms with Crippen LogP contribution in [-0.2, 0) is 11.2 Å². The summed E-state index contributed by atoms with van der Waals surface area (Å²) in [6.07, 6.45) is 3.65. The third kappa shape index (κ3) is 5.82. The minimum atomic E-state index is 0.181. The molecule has 1 aromatic carbocycles. The fraction of sp³-hybridized carbons (Fsp3) is 0.650. The van der Waals surface area contributed by atoms with Gasteiger partial charge >= 0.3 is 0 Å². The van der Waals surface area contributed by atoms with Crippen molar-refractivity contribution in [1.82, 2.24) is 10.2 Å². The number of benzene rings is 1. The molecule has 1 N–H and O–H groups in total. The Balaban J connectivity index is 1.83. The highest BCUT2D eigenvalue weighted by Gasteiger charge is 2.24. The number of ether oxygens (including phenoxy) is 1. The van der Waals surface area contributed by atoms with Crippen molar-refractivity contribution in [3.8, 4) is 0 Å². The Bertz CT molecular complexity index is 505. The molecule has 1 aliphatic heterocycles. The molecule has 4 heteroatoms. The van der Waals surface area contributed by atoms with Crippen LogP contribution < -0.4 is 5.32 Å². The van der Waals surface area contributed by atoms with Crippen molar-refractivity contribution in [1.29, 1.82) is 0 Å². The highest BCUT2D eigenvalue weighted by atomic mass is 16.5. The zero-order valence-electron chi connectivity index (χ0n) is 15.7. The molecule has 0 unspecified atom stereocenters. The fourth-order valence-corrected chi connectivity index (χ4v) is 3.33. The van der Waals surface area contributed by atoms with Crippen molar-refractivity contribution in [3.63, 3.8) is 0 Å². The summed E-state index contributed by atoms with van der Waals surface area (Å²) in [6.45, 7) is 10.4. The smallest absolute Gasteiger partial charge is 0.193 e. The first-order valence-corrected chi connectivity index (χ1v) is 9.15. The number of hydrogen-bond acceptors (Lipinski definition) is 2. The van der Waals surface area contributed by atoms with Crippen molar-refractivity contribution in [3.05, 3.63) is 35.9 Å². The van der Waals surface area contributed by atoms with Gasteiger partial charge in [0.2, 0.25) is 0 Å². The molecule has 0 aliphatic carbocycles. The van der Waals surface area contributed by atoms with Gasteiger partial charge in [-0.15, -0.1) is 0 Å². The number of hydrogen-bond donors (Lipinski definition) is 1. The number of aliphatic imine (C=N–C) groups is 1. The third-order valence-corrected chi connectivity index (χ3v) is 4.61. The summed E-state index contributed by atoms with van der Waals surface area (Å²) in [4.78, 5) is 6.84. The molecule has 134 valence electrons. The molecule has 1 heterocycles. The van der Waals surface area contributed by atoms with Crippen LogP contribution >= 0.6 is 0 Å². The van der Waals surface area contributed by atoms with Gasteiger partial charge in [0.15, 0.2) is 5.96 Å². The highest BCUT2D eigenvalue weighted by Crippen LogP contribution is 2.21. The van der Waals surface area contributed by atoms with Gasteiger partial charge in [0.25, 0.3) is 0 Å². The van der Waals surface area contributed by atoms with Gasteiger partial charge in [-0.05, 0) is 37.2 Å². The lowest BCUT2D eigenvalue weighted by Crippen LogP contribution is -2.49. The van der Waals surface area contributed by atoms with Crippen molar-refractivity contribution < 1.29 is 4.74 Å². The fourth-order valence-electron chi connectivity index (χ4n) is 3.33. The standard InChI is InChI=1S/C20H33N3O/c1-5-24-18-11-13-23(14-12-18)19(21-4)22-16-20(2,3)15-17-9-7-6-8-10-17/h6-10,18H,5,11-16H2,1-4H3,(H,21,22). The van der Waals surface area contributed by atoms with E-state index in [0.29, 0.717) is 6.10 Å². The molecule has 24 heavy (non-hydrogen) atoms. The van der Waals surface area contributed by atoms with E-state index < -0.39 is 0 Å². The molecule has 0 saturated carbocycles. The molecular formula is C20H33N3O. The predicted octanol–water partition coefficient (Wildman–Crippen LogP) is 3.33. The molecule has 1 saturated heterocycles. The van der Waals surface area contributed by atoms with E-state index in [9.17, 15) is 0 Å². The van der Waals surface area contributed by atoms with Crippen molar-refractivity contribution >= 4 is 5.96 Å². The Morgan fingerprint density at radius 3 is 2.50 bits per heavy atom. The van der Waals surface area contributed by atoms with E-state index in [4.69, 9.17) is 4.74 Å². The van der Waals surface area contributed by atoms with Gasteiger partial charge in [-0.25, -0.2) is 0 Å². The maximum atomic E-state index is 5.74. The van der Waals surface area contributed by atoms with Crippen LogP contribution in [0.15, 0.2) is 35.3 Å². The summed E-state index contributed by atoms with van der Waals surface area (Å²) in [5.74, 6) is 1.02. The Morgan fingerprint density at radius 2 is 1.92 bits per heavy atom. The number of nitrogens with zero attached hydrogens (tertiary/aromatic N) is 2. The van der Waals surface area contributed by atoms with Crippen LogP contribution in [0.25, 0.3) is 0 Å². The molecule has 4 nitrogen and oxygen atoms in total. The van der Waals surface area contributed by atoms with Crippen LogP contribution in [0.1, 0.15) is 39.2 Å². The van der Waals surface area contributed by atoms with Crippen LogP contribution in [0.5, 0.6) is 0 Å². The summed E-state index contributed by atoms with van der Waals surface area (Å²) in [7, 11) is 1.88. The molecule has 0 aromatic heterocycles. The Morgan fingerprint density at radius 1 is 1.25 bits per heavy atom. The second-order valence-corrected chi connectivity index (χ2v) is 7.37. The van der Waals surface area contributed by atoms with Crippen molar-refractivity contribution in [2.45, 2.75) is 46.1 Å². The van der Waals surface area contributed by atoms with E-state index in [2.05, 4.69) is 66.3 Å². The second kappa shape index (κ2) is 9.07. The third-order valence-electron chi connectivity index (χ3n) is 4.61. The largest absolute Gasteiger partial charge is 0.378 e. The van der Waals surface area contributed by atoms with Crippen molar-refractivity contribution in [2.75, 3.05) is 33.3 Å². The maximum absolute atomic E-state index is 5.74. The summed E-state index contributed by atoms with van der Waals surface area (Å²) in [5.41, 5.74) is 1.57. The first kappa shape index (κ1) is 18.8. The normalized spacial score (nSPS) is 17.2. The first-order valence-electron chi connectivity index (χ1n) is 9.15. The van der Waals surface area contributed by atoms with Crippen LogP contribution in [-0.4, -0.2) is 50.3 Å². The summed E-state index contributed by atoms with van der Waals surface area (Å²) in [5, 5.41) is 3.58. The zero-order valence-corrected chi connectivity index (χ0v) is 15.7. The van der Waals surface area contributed by atoms with E-state index >= 15 is 0 Å². The van der Waals surface area contributed by atoms with Gasteiger partial charge in [0, 0.05) is 33.3 Å². The predicted molar refractivity (Wildman–Crippen MR) is 102 cm³/mol. The van der Waals surface area contributed by atoms with E-state index in [1.165, 1.54) is 5.56 Å². The molecule has 1 aromatic rings. The van der Waals surface area contributed by atoms with Gasteiger partial charge in [0.1, 0.15) is 0 Å². The number of rotatable bonds is 6. The number of piperidine rings is 1. The van der Waals surface area contributed by atoms with Gasteiger partial charge < -0.3 is 15.0 Å². The lowest BCUT2D eigenvalue weighted by molar-refractivity contribution is 0.0263. The Kier molecular flexibility index (Phi) is 7.10. The summed E-state index contributed by atoms with van der Waals surface area (Å²) in [6, 6.07) is 10.7. The molecule has 0 amide bonds. The Labute approximate surface area is 147 Å². The highest BCUT2D eigenvalue weighted by molar-refractivity contribution is 5.80. The van der Waals surface area contributed by atoms with E-state index in [1.54, 1.807) is 0 Å². The molecule has 0 bridgehead atoms.